The first-order valence-corrected chi connectivity index (χ1v) is 6.45. The van der Waals surface area contributed by atoms with Crippen LogP contribution >= 0.6 is 0 Å². The fourth-order valence-corrected chi connectivity index (χ4v) is 1.26. The van der Waals surface area contributed by atoms with Crippen LogP contribution in [0.25, 0.3) is 0 Å². The first-order chi connectivity index (χ1) is 9.41. The van der Waals surface area contributed by atoms with Crippen LogP contribution in [0.3, 0.4) is 0 Å². The minimum absolute atomic E-state index is 0.154. The smallest absolute Gasteiger partial charge is 0.338 e. The van der Waals surface area contributed by atoms with Crippen molar-refractivity contribution in [3.8, 4) is 0 Å². The predicted octanol–water partition coefficient (Wildman–Crippen LogP) is 2.99. The summed E-state index contributed by atoms with van der Waals surface area (Å²) in [6.07, 6.45) is 3.30. The number of ether oxygens (including phenoxy) is 2. The summed E-state index contributed by atoms with van der Waals surface area (Å²) in [7, 11) is 0. The van der Waals surface area contributed by atoms with Crippen molar-refractivity contribution in [3.05, 3.63) is 48.0 Å². The minimum atomic E-state index is -0.506. The summed E-state index contributed by atoms with van der Waals surface area (Å²) in [5, 5.41) is 0. The van der Waals surface area contributed by atoms with E-state index in [4.69, 9.17) is 9.47 Å². The van der Waals surface area contributed by atoms with Gasteiger partial charge in [0.05, 0.1) is 11.0 Å². The second-order valence-electron chi connectivity index (χ2n) is 5.28. The van der Waals surface area contributed by atoms with E-state index in [2.05, 4.69) is 0 Å². The summed E-state index contributed by atoms with van der Waals surface area (Å²) < 4.78 is 10.1. The quantitative estimate of drug-likeness (QED) is 0.613. The normalized spacial score (nSPS) is 11.3. The van der Waals surface area contributed by atoms with Crippen LogP contribution < -0.4 is 0 Å². The van der Waals surface area contributed by atoms with Gasteiger partial charge in [0.25, 0.3) is 0 Å². The van der Waals surface area contributed by atoms with Crippen LogP contribution in [0.5, 0.6) is 0 Å². The molecule has 0 spiro atoms. The van der Waals surface area contributed by atoms with E-state index >= 15 is 0 Å². The summed E-state index contributed by atoms with van der Waals surface area (Å²) in [6.45, 7) is 5.71. The first-order valence-electron chi connectivity index (χ1n) is 6.45. The van der Waals surface area contributed by atoms with E-state index in [9.17, 15) is 9.59 Å². The van der Waals surface area contributed by atoms with Crippen LogP contribution in [-0.4, -0.2) is 25.2 Å². The lowest BCUT2D eigenvalue weighted by Crippen LogP contribution is -2.22. The van der Waals surface area contributed by atoms with E-state index in [1.54, 1.807) is 57.2 Å². The molecule has 1 aromatic rings. The molecule has 0 fully saturated rings. The summed E-state index contributed by atoms with van der Waals surface area (Å²) in [6, 6.07) is 8.77. The van der Waals surface area contributed by atoms with E-state index < -0.39 is 5.41 Å². The number of esters is 2. The lowest BCUT2D eigenvalue weighted by atomic mass is 9.97. The average Bonchev–Trinajstić information content (AvgIpc) is 2.42. The summed E-state index contributed by atoms with van der Waals surface area (Å²) in [5.41, 5.74) is 0.00761. The molecule has 0 aliphatic rings. The van der Waals surface area contributed by atoms with E-state index in [0.29, 0.717) is 5.56 Å². The van der Waals surface area contributed by atoms with Crippen LogP contribution in [0.4, 0.5) is 0 Å². The lowest BCUT2D eigenvalue weighted by Gasteiger charge is -2.15. The monoisotopic (exact) mass is 276 g/mol. The number of rotatable bonds is 5. The second-order valence-corrected chi connectivity index (χ2v) is 5.28. The molecule has 0 N–H and O–H groups in total. The van der Waals surface area contributed by atoms with E-state index in [1.807, 2.05) is 6.07 Å². The van der Waals surface area contributed by atoms with Gasteiger partial charge in [0.1, 0.15) is 13.2 Å². The van der Waals surface area contributed by atoms with Gasteiger partial charge in [0.2, 0.25) is 0 Å². The van der Waals surface area contributed by atoms with Gasteiger partial charge < -0.3 is 9.47 Å². The van der Waals surface area contributed by atoms with Crippen molar-refractivity contribution in [1.29, 1.82) is 0 Å². The standard InChI is InChI=1S/C16H20O4/c1-16(2,3)15(18)20-12-8-7-11-19-14(17)13-9-5-4-6-10-13/h4-10H,11-12H2,1-3H3/b8-7+. The Bertz CT molecular complexity index is 469. The zero-order valence-corrected chi connectivity index (χ0v) is 12.1. The highest BCUT2D eigenvalue weighted by atomic mass is 16.5. The Morgan fingerprint density at radius 1 is 1.00 bits per heavy atom. The molecule has 0 aromatic heterocycles. The zero-order valence-electron chi connectivity index (χ0n) is 12.1. The molecule has 108 valence electrons. The van der Waals surface area contributed by atoms with E-state index in [-0.39, 0.29) is 25.2 Å². The molecule has 4 heteroatoms. The molecule has 0 atom stereocenters. The maximum Gasteiger partial charge on any atom is 0.338 e. The highest BCUT2D eigenvalue weighted by molar-refractivity contribution is 5.89. The maximum absolute atomic E-state index is 11.6. The van der Waals surface area contributed by atoms with Crippen LogP contribution in [0.1, 0.15) is 31.1 Å². The van der Waals surface area contributed by atoms with Crippen LogP contribution in [0.2, 0.25) is 0 Å². The summed E-state index contributed by atoms with van der Waals surface area (Å²) in [5.74, 6) is -0.634. The molecule has 1 aromatic carbocycles. The van der Waals surface area contributed by atoms with Gasteiger partial charge in [-0.2, -0.15) is 0 Å². The van der Waals surface area contributed by atoms with Gasteiger partial charge in [0, 0.05) is 0 Å². The Labute approximate surface area is 119 Å². The fraction of sp³-hybridized carbons (Fsp3) is 0.375. The molecule has 0 amide bonds. The third kappa shape index (κ3) is 5.69. The number of carbonyl (C=O) groups excluding carboxylic acids is 2. The largest absolute Gasteiger partial charge is 0.461 e. The molecule has 20 heavy (non-hydrogen) atoms. The van der Waals surface area contributed by atoms with Gasteiger partial charge in [0.15, 0.2) is 0 Å². The molecular weight excluding hydrogens is 256 g/mol. The van der Waals surface area contributed by atoms with Gasteiger partial charge in [-0.25, -0.2) is 4.79 Å². The molecule has 0 unspecified atom stereocenters. The number of benzene rings is 1. The third-order valence-electron chi connectivity index (χ3n) is 2.41. The van der Waals surface area contributed by atoms with E-state index in [1.165, 1.54) is 0 Å². The Morgan fingerprint density at radius 2 is 1.55 bits per heavy atom. The van der Waals surface area contributed by atoms with Gasteiger partial charge in [-0.05, 0) is 45.1 Å². The SMILES string of the molecule is CC(C)(C)C(=O)OC/C=C/COC(=O)c1ccccc1. The Kier molecular flexibility index (Phi) is 5.97. The average molecular weight is 276 g/mol. The molecule has 0 bridgehead atoms. The molecule has 0 aliphatic heterocycles. The molecule has 0 aliphatic carbocycles. The molecule has 0 heterocycles. The van der Waals surface area contributed by atoms with Crippen molar-refractivity contribution in [3.63, 3.8) is 0 Å². The van der Waals surface area contributed by atoms with E-state index in [0.717, 1.165) is 0 Å². The zero-order chi connectivity index (χ0) is 15.0. The number of hydrogen-bond donors (Lipinski definition) is 0. The number of hydrogen-bond acceptors (Lipinski definition) is 4. The van der Waals surface area contributed by atoms with Crippen molar-refractivity contribution in [2.75, 3.05) is 13.2 Å². The van der Waals surface area contributed by atoms with Gasteiger partial charge in [-0.1, -0.05) is 18.2 Å². The fourth-order valence-electron chi connectivity index (χ4n) is 1.26. The molecule has 0 saturated carbocycles. The van der Waals surface area contributed by atoms with Crippen molar-refractivity contribution in [2.24, 2.45) is 5.41 Å². The summed E-state index contributed by atoms with van der Waals surface area (Å²) in [4.78, 5) is 23.0. The summed E-state index contributed by atoms with van der Waals surface area (Å²) >= 11 is 0. The second kappa shape index (κ2) is 7.48. The Balaban J connectivity index is 2.23. The van der Waals surface area contributed by atoms with Crippen LogP contribution in [-0.2, 0) is 14.3 Å². The third-order valence-corrected chi connectivity index (χ3v) is 2.41. The van der Waals surface area contributed by atoms with Crippen molar-refractivity contribution < 1.29 is 19.1 Å². The van der Waals surface area contributed by atoms with Crippen molar-refractivity contribution in [2.45, 2.75) is 20.8 Å². The highest BCUT2D eigenvalue weighted by Gasteiger charge is 2.22. The molecule has 0 radical (unpaired) electrons. The van der Waals surface area contributed by atoms with Crippen molar-refractivity contribution >= 4 is 11.9 Å². The molecular formula is C16H20O4. The van der Waals surface area contributed by atoms with Gasteiger partial charge >= 0.3 is 11.9 Å². The minimum Gasteiger partial charge on any atom is -0.461 e. The van der Waals surface area contributed by atoms with Gasteiger partial charge in [-0.3, -0.25) is 4.79 Å². The number of carbonyl (C=O) groups is 2. The predicted molar refractivity (Wildman–Crippen MR) is 76.3 cm³/mol. The highest BCUT2D eigenvalue weighted by Crippen LogP contribution is 2.14. The van der Waals surface area contributed by atoms with Crippen LogP contribution in [0.15, 0.2) is 42.5 Å². The molecule has 4 nitrogen and oxygen atoms in total. The molecule has 0 saturated heterocycles. The van der Waals surface area contributed by atoms with Crippen LogP contribution in [0, 0.1) is 5.41 Å². The Hall–Kier alpha value is -2.10. The Morgan fingerprint density at radius 3 is 2.10 bits per heavy atom. The van der Waals surface area contributed by atoms with Crippen molar-refractivity contribution in [1.82, 2.24) is 0 Å². The van der Waals surface area contributed by atoms with Gasteiger partial charge in [-0.15, -0.1) is 0 Å². The molecule has 1 rings (SSSR count). The first kappa shape index (κ1) is 16.0. The lowest BCUT2D eigenvalue weighted by molar-refractivity contribution is -0.151. The maximum atomic E-state index is 11.6. The topological polar surface area (TPSA) is 52.6 Å².